The summed E-state index contributed by atoms with van der Waals surface area (Å²) in [6, 6.07) is 11.5. The number of methoxy groups -OCH3 is 1. The number of carbonyl (C=O) groups is 4. The van der Waals surface area contributed by atoms with Crippen LogP contribution in [0.15, 0.2) is 54.9 Å². The van der Waals surface area contributed by atoms with Crippen LogP contribution in [0, 0.1) is 11.3 Å². The molecule has 0 bridgehead atoms. The summed E-state index contributed by atoms with van der Waals surface area (Å²) >= 11 is 0. The number of rotatable bonds is 18. The Morgan fingerprint density at radius 2 is 1.94 bits per heavy atom. The van der Waals surface area contributed by atoms with E-state index in [1.165, 1.54) is 4.90 Å². The molecular weight excluding hydrogens is 791 g/mol. The summed E-state index contributed by atoms with van der Waals surface area (Å²) < 4.78 is 18.6. The summed E-state index contributed by atoms with van der Waals surface area (Å²) in [5.74, 6) is -1.49. The first-order valence-corrected chi connectivity index (χ1v) is 21.6. The topological polar surface area (TPSA) is 191 Å². The van der Waals surface area contributed by atoms with Gasteiger partial charge in [-0.15, -0.1) is 0 Å². The van der Waals surface area contributed by atoms with Crippen molar-refractivity contribution in [2.24, 2.45) is 17.1 Å². The average molecular weight is 854 g/mol. The molecule has 2 saturated heterocycles. The highest BCUT2D eigenvalue weighted by Gasteiger charge is 2.44. The number of aryl methyl sites for hydroxylation is 1. The van der Waals surface area contributed by atoms with E-state index in [2.05, 4.69) is 53.2 Å². The molecule has 3 atom stereocenters. The van der Waals surface area contributed by atoms with Gasteiger partial charge in [-0.25, -0.2) is 5.43 Å². The van der Waals surface area contributed by atoms with Gasteiger partial charge in [-0.3, -0.25) is 29.2 Å². The Hall–Kier alpha value is -5.35. The van der Waals surface area contributed by atoms with Gasteiger partial charge < -0.3 is 39.8 Å². The van der Waals surface area contributed by atoms with E-state index in [4.69, 9.17) is 19.9 Å². The molecule has 6 rings (SSSR count). The molecule has 2 aromatic carbocycles. The van der Waals surface area contributed by atoms with Crippen LogP contribution < -0.4 is 16.5 Å². The predicted molar refractivity (Wildman–Crippen MR) is 236 cm³/mol. The van der Waals surface area contributed by atoms with Crippen molar-refractivity contribution < 1.29 is 38.5 Å². The smallest absolute Gasteiger partial charge is 0.293 e. The highest BCUT2D eigenvalue weighted by Crippen LogP contribution is 2.41. The van der Waals surface area contributed by atoms with Gasteiger partial charge in [0.15, 0.2) is 0 Å². The maximum absolute atomic E-state index is 14.3. The molecule has 0 spiro atoms. The number of ether oxygens (including phenoxy) is 3. The van der Waals surface area contributed by atoms with Crippen molar-refractivity contribution >= 4 is 35.1 Å². The number of hydrogen-bond acceptors (Lipinski definition) is 11. The average Bonchev–Trinajstić information content (AvgIpc) is 3.83. The molecule has 0 unspecified atom stereocenters. The third kappa shape index (κ3) is 10.1. The first-order chi connectivity index (χ1) is 29.6. The highest BCUT2D eigenvalue weighted by molar-refractivity contribution is 5.96. The van der Waals surface area contributed by atoms with E-state index in [1.807, 2.05) is 38.2 Å². The molecule has 4 aromatic rings. The van der Waals surface area contributed by atoms with Crippen LogP contribution in [0.4, 0.5) is 0 Å². The fourth-order valence-corrected chi connectivity index (χ4v) is 8.99. The van der Waals surface area contributed by atoms with Crippen molar-refractivity contribution in [1.29, 1.82) is 0 Å². The number of nitrogens with zero attached hydrogens (tertiary/aromatic N) is 4. The number of aromatic nitrogens is 2. The van der Waals surface area contributed by atoms with Gasteiger partial charge in [-0.05, 0) is 96.7 Å². The zero-order chi connectivity index (χ0) is 44.8. The third-order valence-electron chi connectivity index (χ3n) is 12.0. The van der Waals surface area contributed by atoms with Gasteiger partial charge >= 0.3 is 0 Å². The number of phenolic OH excluding ortho intramolecular Hbond substituents is 1. The molecule has 2 fully saturated rings. The number of nitrogens with one attached hydrogen (secondary N) is 2. The summed E-state index contributed by atoms with van der Waals surface area (Å²) in [4.78, 5) is 59.4. The Kier molecular flexibility index (Phi) is 14.7. The van der Waals surface area contributed by atoms with E-state index in [0.29, 0.717) is 57.7 Å². The normalized spacial score (nSPS) is 17.9. The maximum Gasteiger partial charge on any atom is 0.293 e. The van der Waals surface area contributed by atoms with Crippen LogP contribution in [-0.4, -0.2) is 113 Å². The number of phenols is 1. The zero-order valence-corrected chi connectivity index (χ0v) is 37.2. The molecule has 62 heavy (non-hydrogen) atoms. The largest absolute Gasteiger partial charge is 0.508 e. The quantitative estimate of drug-likeness (QED) is 0.101. The number of benzene rings is 2. The SMILES string of the molecule is CCn1c(-c2cnccc2COC)c(CC(C)(C)COC=O)c2cc(-c3cc(O)cc(C[C@H](NC(=O)[C@H](C(C)C)N(C)C(=O)[C@@]4(N)CCOC4)C(=O)N4CCCCN4)c3)ccc21. The first-order valence-electron chi connectivity index (χ1n) is 21.6. The second-order valence-corrected chi connectivity index (χ2v) is 17.8. The molecular formula is C47H63N7O8. The summed E-state index contributed by atoms with van der Waals surface area (Å²) in [5.41, 5.74) is 15.1. The Labute approximate surface area is 364 Å². The number of likely N-dealkylation sites (N-methyl/N-ethyl adjacent to an activating group) is 1. The van der Waals surface area contributed by atoms with Crippen molar-refractivity contribution in [2.75, 3.05) is 47.1 Å². The number of amides is 3. The molecule has 4 heterocycles. The van der Waals surface area contributed by atoms with Crippen LogP contribution in [0.3, 0.4) is 0 Å². The van der Waals surface area contributed by atoms with Crippen LogP contribution in [0.2, 0.25) is 0 Å². The van der Waals surface area contributed by atoms with Gasteiger partial charge in [-0.1, -0.05) is 39.8 Å². The number of hydrazine groups is 1. The maximum atomic E-state index is 14.3. The van der Waals surface area contributed by atoms with E-state index in [9.17, 15) is 24.3 Å². The number of pyridine rings is 1. The number of fused-ring (bicyclic) bond motifs is 1. The molecule has 2 aliphatic heterocycles. The summed E-state index contributed by atoms with van der Waals surface area (Å²) in [5, 5.41) is 16.8. The van der Waals surface area contributed by atoms with Crippen LogP contribution in [0.25, 0.3) is 33.3 Å². The number of nitrogens with two attached hydrogens (primary N) is 1. The minimum atomic E-state index is -1.23. The van der Waals surface area contributed by atoms with E-state index < -0.39 is 34.9 Å². The van der Waals surface area contributed by atoms with Gasteiger partial charge in [0.05, 0.1) is 25.5 Å². The van der Waals surface area contributed by atoms with Crippen LogP contribution in [0.5, 0.6) is 5.75 Å². The lowest BCUT2D eigenvalue weighted by atomic mass is 9.84. The number of hydrogen-bond donors (Lipinski definition) is 4. The van der Waals surface area contributed by atoms with Crippen LogP contribution in [0.1, 0.15) is 70.6 Å². The lowest BCUT2D eigenvalue weighted by molar-refractivity contribution is -0.146. The van der Waals surface area contributed by atoms with Crippen molar-refractivity contribution in [3.8, 4) is 28.1 Å². The fraction of sp³-hybridized carbons (Fsp3) is 0.511. The second kappa shape index (κ2) is 19.8. The Morgan fingerprint density at radius 1 is 1.15 bits per heavy atom. The lowest BCUT2D eigenvalue weighted by Gasteiger charge is -2.36. The molecule has 0 radical (unpaired) electrons. The van der Waals surface area contributed by atoms with E-state index in [0.717, 1.165) is 57.3 Å². The molecule has 15 heteroatoms. The van der Waals surface area contributed by atoms with Crippen molar-refractivity contribution in [1.82, 2.24) is 30.2 Å². The Morgan fingerprint density at radius 3 is 2.60 bits per heavy atom. The standard InChI is InChI=1S/C47H63N7O8/c1-8-53-40-12-11-32(23-36(40)37(24-46(4,5)27-62-29-55)42(53)38-25-49-16-13-33(38)26-60-7)34-19-31(20-35(56)22-34)21-39(44(58)54-17-10-9-15-50-54)51-43(57)41(30(2)3)52(6)45(59)47(48)14-18-61-28-47/h11-13,16,19-20,22-23,25,29-30,39,41,50,56H,8-10,14-15,17-18,21,24,26-28,48H2,1-7H3,(H,51,57)/t39-,41-,47+/m0/s1. The monoisotopic (exact) mass is 853 g/mol. The van der Waals surface area contributed by atoms with Crippen molar-refractivity contribution in [2.45, 2.75) is 97.5 Å². The van der Waals surface area contributed by atoms with E-state index >= 15 is 0 Å². The summed E-state index contributed by atoms with van der Waals surface area (Å²) in [6.45, 7) is 13.2. The molecule has 0 saturated carbocycles. The lowest BCUT2D eigenvalue weighted by Crippen LogP contribution is -2.63. The number of carbonyl (C=O) groups excluding carboxylic acids is 4. The molecule has 0 aliphatic carbocycles. The summed E-state index contributed by atoms with van der Waals surface area (Å²) in [7, 11) is 3.24. The zero-order valence-electron chi connectivity index (χ0n) is 37.2. The van der Waals surface area contributed by atoms with Gasteiger partial charge in [0.2, 0.25) is 11.8 Å². The van der Waals surface area contributed by atoms with Gasteiger partial charge in [-0.2, -0.15) is 0 Å². The van der Waals surface area contributed by atoms with E-state index in [1.54, 1.807) is 37.5 Å². The first kappa shape index (κ1) is 46.2. The summed E-state index contributed by atoms with van der Waals surface area (Å²) in [6.07, 6.45) is 6.33. The Bertz CT molecular complexity index is 2240. The third-order valence-corrected chi connectivity index (χ3v) is 12.0. The molecule has 3 amide bonds. The van der Waals surface area contributed by atoms with Crippen molar-refractivity contribution in [3.05, 3.63) is 71.5 Å². The molecule has 2 aliphatic rings. The van der Waals surface area contributed by atoms with Gasteiger partial charge in [0, 0.05) is 81.1 Å². The molecule has 5 N–H and O–H groups in total. The minimum absolute atomic E-state index is 0.00221. The highest BCUT2D eigenvalue weighted by atomic mass is 16.5. The van der Waals surface area contributed by atoms with Crippen LogP contribution >= 0.6 is 0 Å². The predicted octanol–water partition coefficient (Wildman–Crippen LogP) is 4.74. The molecule has 15 nitrogen and oxygen atoms in total. The van der Waals surface area contributed by atoms with E-state index in [-0.39, 0.29) is 37.2 Å². The van der Waals surface area contributed by atoms with Gasteiger partial charge in [0.1, 0.15) is 23.4 Å². The van der Waals surface area contributed by atoms with Crippen LogP contribution in [-0.2, 0) is 59.4 Å². The molecule has 2 aromatic heterocycles. The molecule has 334 valence electrons. The fourth-order valence-electron chi connectivity index (χ4n) is 8.99. The number of aromatic hydroxyl groups is 1. The minimum Gasteiger partial charge on any atom is -0.508 e. The van der Waals surface area contributed by atoms with Crippen molar-refractivity contribution in [3.63, 3.8) is 0 Å². The Balaban J connectivity index is 1.40. The second-order valence-electron chi connectivity index (χ2n) is 17.8. The van der Waals surface area contributed by atoms with Gasteiger partial charge in [0.25, 0.3) is 12.4 Å².